The van der Waals surface area contributed by atoms with Crippen LogP contribution in [0.3, 0.4) is 0 Å². The Hall–Kier alpha value is -1.91. The highest BCUT2D eigenvalue weighted by Crippen LogP contribution is 2.46. The van der Waals surface area contributed by atoms with Crippen molar-refractivity contribution in [2.75, 3.05) is 20.8 Å². The second kappa shape index (κ2) is 4.89. The van der Waals surface area contributed by atoms with Gasteiger partial charge in [-0.25, -0.2) is 4.79 Å². The van der Waals surface area contributed by atoms with E-state index in [2.05, 4.69) is 19.2 Å². The Balaban J connectivity index is 2.49. The fraction of sp³-hybridized carbons (Fsp3) is 0.533. The van der Waals surface area contributed by atoms with Gasteiger partial charge >= 0.3 is 6.09 Å². The zero-order valence-corrected chi connectivity index (χ0v) is 12.6. The number of carbonyl (C=O) groups is 1. The number of nitrogens with one attached hydrogen (secondary N) is 1. The molecule has 0 radical (unpaired) electrons. The number of methoxy groups -OCH3 is 2. The summed E-state index contributed by atoms with van der Waals surface area (Å²) in [7, 11) is 3.18. The molecule has 1 amide bonds. The maximum absolute atomic E-state index is 11.6. The number of ether oxygens (including phenoxy) is 3. The van der Waals surface area contributed by atoms with E-state index in [0.717, 1.165) is 5.56 Å². The number of rotatable bonds is 3. The van der Waals surface area contributed by atoms with Crippen molar-refractivity contribution in [3.8, 4) is 11.5 Å². The van der Waals surface area contributed by atoms with Gasteiger partial charge in [0.25, 0.3) is 0 Å². The molecule has 0 saturated carbocycles. The van der Waals surface area contributed by atoms with Crippen LogP contribution in [0.4, 0.5) is 4.79 Å². The van der Waals surface area contributed by atoms with Crippen LogP contribution in [0.15, 0.2) is 18.2 Å². The molecule has 0 spiro atoms. The van der Waals surface area contributed by atoms with Crippen LogP contribution in [0.1, 0.15) is 26.3 Å². The van der Waals surface area contributed by atoms with Crippen LogP contribution in [0.2, 0.25) is 0 Å². The monoisotopic (exact) mass is 279 g/mol. The van der Waals surface area contributed by atoms with E-state index in [9.17, 15) is 4.79 Å². The number of benzene rings is 1. The van der Waals surface area contributed by atoms with Gasteiger partial charge in [-0.1, -0.05) is 19.9 Å². The van der Waals surface area contributed by atoms with Gasteiger partial charge in [0.05, 0.1) is 14.2 Å². The van der Waals surface area contributed by atoms with Gasteiger partial charge in [0, 0.05) is 12.0 Å². The summed E-state index contributed by atoms with van der Waals surface area (Å²) in [6.45, 7) is 6.59. The van der Waals surface area contributed by atoms with E-state index in [1.54, 1.807) is 14.2 Å². The third-order valence-corrected chi connectivity index (χ3v) is 4.20. The van der Waals surface area contributed by atoms with Gasteiger partial charge in [0.2, 0.25) is 0 Å². The molecule has 1 aliphatic rings. The van der Waals surface area contributed by atoms with Gasteiger partial charge in [-0.05, 0) is 24.6 Å². The van der Waals surface area contributed by atoms with Gasteiger partial charge in [0.15, 0.2) is 11.5 Å². The summed E-state index contributed by atoms with van der Waals surface area (Å²) < 4.78 is 16.2. The zero-order valence-electron chi connectivity index (χ0n) is 12.6. The molecule has 1 aromatic carbocycles. The smallest absolute Gasteiger partial charge is 0.408 e. The summed E-state index contributed by atoms with van der Waals surface area (Å²) in [5, 5.41) is 2.73. The van der Waals surface area contributed by atoms with E-state index in [4.69, 9.17) is 14.2 Å². The van der Waals surface area contributed by atoms with Crippen molar-refractivity contribution in [2.24, 2.45) is 5.41 Å². The average molecular weight is 279 g/mol. The van der Waals surface area contributed by atoms with Crippen LogP contribution in [0.25, 0.3) is 0 Å². The first-order chi connectivity index (χ1) is 9.34. The number of amides is 1. The highest BCUT2D eigenvalue weighted by atomic mass is 16.6. The van der Waals surface area contributed by atoms with Crippen LogP contribution in [-0.2, 0) is 10.3 Å². The number of cyclic esters (lactones) is 1. The van der Waals surface area contributed by atoms with E-state index >= 15 is 0 Å². The van der Waals surface area contributed by atoms with Gasteiger partial charge in [0.1, 0.15) is 5.60 Å². The standard InChI is InChI=1S/C15H21NO4/c1-14(2)9-16-13(17)20-15(14,3)10-6-7-11(18-4)12(8-10)19-5/h6-8H,9H2,1-5H3,(H,16,17). The first-order valence-electron chi connectivity index (χ1n) is 6.53. The van der Waals surface area contributed by atoms with Crippen LogP contribution >= 0.6 is 0 Å². The van der Waals surface area contributed by atoms with Gasteiger partial charge in [-0.15, -0.1) is 0 Å². The fourth-order valence-electron chi connectivity index (χ4n) is 2.40. The minimum atomic E-state index is -0.727. The lowest BCUT2D eigenvalue weighted by Crippen LogP contribution is -2.56. The lowest BCUT2D eigenvalue weighted by molar-refractivity contribution is -0.0892. The highest BCUT2D eigenvalue weighted by molar-refractivity contribution is 5.69. The Morgan fingerprint density at radius 2 is 1.80 bits per heavy atom. The van der Waals surface area contributed by atoms with Gasteiger partial charge in [-0.3, -0.25) is 0 Å². The number of hydrogen-bond donors (Lipinski definition) is 1. The molecule has 1 aromatic rings. The molecule has 0 aliphatic carbocycles. The van der Waals surface area contributed by atoms with Crippen LogP contribution in [0.5, 0.6) is 11.5 Å². The second-order valence-corrected chi connectivity index (χ2v) is 5.73. The molecular weight excluding hydrogens is 258 g/mol. The maximum atomic E-state index is 11.6. The molecule has 1 fully saturated rings. The lowest BCUT2D eigenvalue weighted by Gasteiger charge is -2.47. The Kier molecular flexibility index (Phi) is 3.54. The van der Waals surface area contributed by atoms with Crippen molar-refractivity contribution < 1.29 is 19.0 Å². The summed E-state index contributed by atoms with van der Waals surface area (Å²) in [5.41, 5.74) is -0.0925. The summed E-state index contributed by atoms with van der Waals surface area (Å²) >= 11 is 0. The summed E-state index contributed by atoms with van der Waals surface area (Å²) in [6, 6.07) is 5.59. The molecule has 5 nitrogen and oxygen atoms in total. The molecule has 0 bridgehead atoms. The molecule has 0 aromatic heterocycles. The third-order valence-electron chi connectivity index (χ3n) is 4.20. The molecule has 2 rings (SSSR count). The number of alkyl carbamates (subject to hydrolysis) is 1. The summed E-state index contributed by atoms with van der Waals surface area (Å²) in [4.78, 5) is 11.6. The lowest BCUT2D eigenvalue weighted by atomic mass is 9.71. The minimum Gasteiger partial charge on any atom is -0.493 e. The molecular formula is C15H21NO4. The van der Waals surface area contributed by atoms with Crippen LogP contribution in [0, 0.1) is 5.41 Å². The molecule has 1 aliphatic heterocycles. The van der Waals surface area contributed by atoms with Crippen molar-refractivity contribution >= 4 is 6.09 Å². The topological polar surface area (TPSA) is 56.8 Å². The summed E-state index contributed by atoms with van der Waals surface area (Å²) in [5.74, 6) is 1.27. The van der Waals surface area contributed by atoms with Crippen molar-refractivity contribution in [3.63, 3.8) is 0 Å². The predicted molar refractivity (Wildman–Crippen MR) is 75.2 cm³/mol. The minimum absolute atomic E-state index is 0.249. The van der Waals surface area contributed by atoms with Crippen molar-refractivity contribution in [3.05, 3.63) is 23.8 Å². The van der Waals surface area contributed by atoms with E-state index in [1.807, 2.05) is 25.1 Å². The maximum Gasteiger partial charge on any atom is 0.408 e. The third kappa shape index (κ3) is 2.17. The van der Waals surface area contributed by atoms with Crippen LogP contribution in [-0.4, -0.2) is 26.9 Å². The van der Waals surface area contributed by atoms with Crippen molar-refractivity contribution in [1.29, 1.82) is 0 Å². The first-order valence-corrected chi connectivity index (χ1v) is 6.53. The largest absolute Gasteiger partial charge is 0.493 e. The average Bonchev–Trinajstić information content (AvgIpc) is 2.42. The molecule has 110 valence electrons. The fourth-order valence-corrected chi connectivity index (χ4v) is 2.40. The predicted octanol–water partition coefficient (Wildman–Crippen LogP) is 2.69. The molecule has 1 unspecified atom stereocenters. The SMILES string of the molecule is COc1ccc(C2(C)OC(=O)NCC2(C)C)cc1OC. The summed E-state index contributed by atoms with van der Waals surface area (Å²) in [6.07, 6.45) is -0.401. The van der Waals surface area contributed by atoms with Crippen LogP contribution < -0.4 is 14.8 Å². The van der Waals surface area contributed by atoms with E-state index in [0.29, 0.717) is 18.0 Å². The van der Waals surface area contributed by atoms with Gasteiger partial charge in [-0.2, -0.15) is 0 Å². The Labute approximate surface area is 119 Å². The Morgan fingerprint density at radius 1 is 1.15 bits per heavy atom. The number of carbonyl (C=O) groups excluding carboxylic acids is 1. The molecule has 1 heterocycles. The molecule has 1 atom stereocenters. The van der Waals surface area contributed by atoms with E-state index in [1.165, 1.54) is 0 Å². The number of hydrogen-bond acceptors (Lipinski definition) is 4. The van der Waals surface area contributed by atoms with Gasteiger partial charge < -0.3 is 19.5 Å². The first kappa shape index (κ1) is 14.5. The van der Waals surface area contributed by atoms with E-state index < -0.39 is 11.7 Å². The van der Waals surface area contributed by atoms with Crippen molar-refractivity contribution in [2.45, 2.75) is 26.4 Å². The quantitative estimate of drug-likeness (QED) is 0.924. The second-order valence-electron chi connectivity index (χ2n) is 5.73. The Bertz CT molecular complexity index is 527. The normalized spacial score (nSPS) is 24.6. The molecule has 20 heavy (non-hydrogen) atoms. The molecule has 1 saturated heterocycles. The van der Waals surface area contributed by atoms with E-state index in [-0.39, 0.29) is 5.41 Å². The van der Waals surface area contributed by atoms with Crippen molar-refractivity contribution in [1.82, 2.24) is 5.32 Å². The molecule has 5 heteroatoms. The Morgan fingerprint density at radius 3 is 2.40 bits per heavy atom. The molecule has 1 N–H and O–H groups in total. The zero-order chi connectivity index (χ0) is 15.0. The highest BCUT2D eigenvalue weighted by Gasteiger charge is 2.49.